The molecule has 1 aliphatic carbocycles. The molecule has 0 aromatic carbocycles. The van der Waals surface area contributed by atoms with Crippen LogP contribution in [0.15, 0.2) is 4.99 Å². The number of rotatable bonds is 11. The molecular weight excluding hydrogens is 314 g/mol. The van der Waals surface area contributed by atoms with Gasteiger partial charge in [0.2, 0.25) is 0 Å². The molecule has 1 heterocycles. The van der Waals surface area contributed by atoms with Crippen molar-refractivity contribution in [3.63, 3.8) is 0 Å². The minimum absolute atomic E-state index is 0.789. The molecule has 0 aromatic rings. The van der Waals surface area contributed by atoms with Gasteiger partial charge in [0.25, 0.3) is 0 Å². The highest BCUT2D eigenvalue weighted by molar-refractivity contribution is 5.79. The van der Waals surface area contributed by atoms with Gasteiger partial charge >= 0.3 is 0 Å². The molecule has 2 aliphatic rings. The monoisotopic (exact) mass is 353 g/mol. The number of guanidine groups is 1. The summed E-state index contributed by atoms with van der Waals surface area (Å²) in [6.45, 7) is 13.2. The lowest BCUT2D eigenvalue weighted by Gasteiger charge is -2.34. The second kappa shape index (κ2) is 11.7. The summed E-state index contributed by atoms with van der Waals surface area (Å²) in [6, 6.07) is 0. The Morgan fingerprint density at radius 3 is 2.52 bits per heavy atom. The zero-order valence-electron chi connectivity index (χ0n) is 16.7. The Kier molecular flexibility index (Phi) is 9.58. The number of piperazine rings is 1. The van der Waals surface area contributed by atoms with Crippen molar-refractivity contribution >= 4 is 5.96 Å². The van der Waals surface area contributed by atoms with E-state index in [1.165, 1.54) is 65.0 Å². The number of ether oxygens (including phenoxy) is 1. The smallest absolute Gasteiger partial charge is 0.193 e. The molecule has 1 saturated heterocycles. The number of unbranched alkanes of at least 4 members (excludes halogenated alkanes) is 1. The quantitative estimate of drug-likeness (QED) is 0.345. The molecule has 1 aliphatic heterocycles. The van der Waals surface area contributed by atoms with E-state index in [0.29, 0.717) is 0 Å². The van der Waals surface area contributed by atoms with Crippen LogP contribution in [0.3, 0.4) is 0 Å². The molecule has 146 valence electrons. The first kappa shape index (κ1) is 20.5. The fourth-order valence-corrected chi connectivity index (χ4v) is 3.22. The number of likely N-dealkylation sites (N-methyl/N-ethyl adjacent to an activating group) is 2. The third kappa shape index (κ3) is 8.38. The van der Waals surface area contributed by atoms with Crippen molar-refractivity contribution in [2.45, 2.75) is 32.6 Å². The van der Waals surface area contributed by atoms with E-state index in [2.05, 4.69) is 39.0 Å². The lowest BCUT2D eigenvalue weighted by molar-refractivity contribution is 0.115. The van der Waals surface area contributed by atoms with E-state index >= 15 is 0 Å². The first-order chi connectivity index (χ1) is 12.2. The molecule has 6 heteroatoms. The Labute approximate surface area is 154 Å². The first-order valence-corrected chi connectivity index (χ1v) is 10.2. The van der Waals surface area contributed by atoms with Crippen LogP contribution in [0.5, 0.6) is 0 Å². The van der Waals surface area contributed by atoms with Crippen molar-refractivity contribution in [2.24, 2.45) is 10.9 Å². The molecule has 0 radical (unpaired) electrons. The van der Waals surface area contributed by atoms with Crippen LogP contribution in [0.1, 0.15) is 32.6 Å². The van der Waals surface area contributed by atoms with Crippen LogP contribution < -0.4 is 5.32 Å². The molecule has 6 nitrogen and oxygen atoms in total. The summed E-state index contributed by atoms with van der Waals surface area (Å²) in [5, 5.41) is 3.48. The molecule has 0 bridgehead atoms. The third-order valence-electron chi connectivity index (χ3n) is 5.29. The maximum Gasteiger partial charge on any atom is 0.193 e. The minimum atomic E-state index is 0.789. The largest absolute Gasteiger partial charge is 0.379 e. The van der Waals surface area contributed by atoms with E-state index in [0.717, 1.165) is 38.2 Å². The predicted molar refractivity (Wildman–Crippen MR) is 105 cm³/mol. The second-order valence-corrected chi connectivity index (χ2v) is 7.40. The van der Waals surface area contributed by atoms with Crippen LogP contribution in [0.4, 0.5) is 0 Å². The highest BCUT2D eigenvalue weighted by Crippen LogP contribution is 2.28. The number of aliphatic imine (C=N–C) groups is 1. The summed E-state index contributed by atoms with van der Waals surface area (Å²) in [5.41, 5.74) is 0. The van der Waals surface area contributed by atoms with Crippen molar-refractivity contribution in [1.29, 1.82) is 0 Å². The minimum Gasteiger partial charge on any atom is -0.379 e. The van der Waals surface area contributed by atoms with Crippen LogP contribution in [-0.4, -0.2) is 100 Å². The summed E-state index contributed by atoms with van der Waals surface area (Å²) in [6.07, 6.45) is 5.16. The van der Waals surface area contributed by atoms with Crippen molar-refractivity contribution < 1.29 is 4.74 Å². The van der Waals surface area contributed by atoms with E-state index in [1.807, 2.05) is 7.05 Å². The van der Waals surface area contributed by atoms with E-state index in [-0.39, 0.29) is 0 Å². The average molecular weight is 354 g/mol. The van der Waals surface area contributed by atoms with Crippen LogP contribution in [0.25, 0.3) is 0 Å². The van der Waals surface area contributed by atoms with E-state index < -0.39 is 0 Å². The number of hydrogen-bond donors (Lipinski definition) is 1. The molecule has 25 heavy (non-hydrogen) atoms. The van der Waals surface area contributed by atoms with Gasteiger partial charge in [0.05, 0.1) is 6.61 Å². The Morgan fingerprint density at radius 2 is 1.88 bits per heavy atom. The van der Waals surface area contributed by atoms with Crippen LogP contribution in [0, 0.1) is 5.92 Å². The fourth-order valence-electron chi connectivity index (χ4n) is 3.22. The molecule has 1 saturated carbocycles. The number of nitrogens with one attached hydrogen (secondary N) is 1. The Hall–Kier alpha value is -0.850. The van der Waals surface area contributed by atoms with Gasteiger partial charge in [-0.15, -0.1) is 0 Å². The Bertz CT molecular complexity index is 378. The third-order valence-corrected chi connectivity index (χ3v) is 5.29. The summed E-state index contributed by atoms with van der Waals surface area (Å²) in [5.74, 6) is 1.82. The normalized spacial score (nSPS) is 20.0. The van der Waals surface area contributed by atoms with Crippen LogP contribution in [-0.2, 0) is 4.74 Å². The molecule has 0 atom stereocenters. The van der Waals surface area contributed by atoms with Crippen molar-refractivity contribution in [3.05, 3.63) is 0 Å². The van der Waals surface area contributed by atoms with Crippen molar-refractivity contribution in [3.8, 4) is 0 Å². The average Bonchev–Trinajstić information content (AvgIpc) is 3.46. The van der Waals surface area contributed by atoms with Gasteiger partial charge in [-0.25, -0.2) is 0 Å². The van der Waals surface area contributed by atoms with Gasteiger partial charge in [0, 0.05) is 60.0 Å². The van der Waals surface area contributed by atoms with Gasteiger partial charge in [-0.2, -0.15) is 0 Å². The van der Waals surface area contributed by atoms with Gasteiger partial charge in [0.1, 0.15) is 0 Å². The summed E-state index contributed by atoms with van der Waals surface area (Å²) < 4.78 is 5.72. The maximum atomic E-state index is 5.72. The highest BCUT2D eigenvalue weighted by Gasteiger charge is 2.21. The zero-order chi connectivity index (χ0) is 17.9. The van der Waals surface area contributed by atoms with Gasteiger partial charge in [-0.1, -0.05) is 6.92 Å². The molecule has 0 amide bonds. The SMILES string of the molecule is CCN1CCN(CCCCNC(=NC)N(C)CCOCC2CC2)CC1. The molecule has 0 aromatic heterocycles. The zero-order valence-corrected chi connectivity index (χ0v) is 16.7. The van der Waals surface area contributed by atoms with E-state index in [1.54, 1.807) is 0 Å². The topological polar surface area (TPSA) is 43.3 Å². The van der Waals surface area contributed by atoms with Gasteiger partial charge in [0.15, 0.2) is 5.96 Å². The lowest BCUT2D eigenvalue weighted by Crippen LogP contribution is -2.46. The molecule has 2 rings (SSSR count). The van der Waals surface area contributed by atoms with Gasteiger partial charge < -0.3 is 24.8 Å². The van der Waals surface area contributed by atoms with Crippen LogP contribution >= 0.6 is 0 Å². The number of hydrogen-bond acceptors (Lipinski definition) is 4. The fraction of sp³-hybridized carbons (Fsp3) is 0.947. The van der Waals surface area contributed by atoms with Gasteiger partial charge in [-0.3, -0.25) is 4.99 Å². The predicted octanol–water partition coefficient (Wildman–Crippen LogP) is 1.34. The standard InChI is InChI=1S/C19H39N5O/c1-4-23-11-13-24(14-12-23)10-6-5-9-21-19(20-2)22(3)15-16-25-17-18-7-8-18/h18H,4-17H2,1-3H3,(H,20,21). The summed E-state index contributed by atoms with van der Waals surface area (Å²) in [7, 11) is 3.94. The lowest BCUT2D eigenvalue weighted by atomic mass is 10.2. The van der Waals surface area contributed by atoms with E-state index in [4.69, 9.17) is 4.74 Å². The molecular formula is C19H39N5O. The van der Waals surface area contributed by atoms with Crippen molar-refractivity contribution in [1.82, 2.24) is 20.0 Å². The number of nitrogens with zero attached hydrogens (tertiary/aromatic N) is 4. The molecule has 2 fully saturated rings. The summed E-state index contributed by atoms with van der Waals surface area (Å²) in [4.78, 5) is 11.7. The summed E-state index contributed by atoms with van der Waals surface area (Å²) >= 11 is 0. The van der Waals surface area contributed by atoms with Gasteiger partial charge in [-0.05, 0) is 44.7 Å². The first-order valence-electron chi connectivity index (χ1n) is 10.2. The van der Waals surface area contributed by atoms with E-state index in [9.17, 15) is 0 Å². The highest BCUT2D eigenvalue weighted by atomic mass is 16.5. The Morgan fingerprint density at radius 1 is 1.16 bits per heavy atom. The second-order valence-electron chi connectivity index (χ2n) is 7.40. The Balaban J connectivity index is 1.47. The molecule has 0 spiro atoms. The molecule has 0 unspecified atom stereocenters. The van der Waals surface area contributed by atoms with Crippen LogP contribution in [0.2, 0.25) is 0 Å². The molecule has 1 N–H and O–H groups in total. The maximum absolute atomic E-state index is 5.72. The van der Waals surface area contributed by atoms with Crippen molar-refractivity contribution in [2.75, 3.05) is 79.7 Å².